The van der Waals surface area contributed by atoms with Gasteiger partial charge in [0.1, 0.15) is 0 Å². The molecule has 4 nitrogen and oxygen atoms in total. The zero-order valence-corrected chi connectivity index (χ0v) is 11.3. The summed E-state index contributed by atoms with van der Waals surface area (Å²) in [5.41, 5.74) is -0.615. The summed E-state index contributed by atoms with van der Waals surface area (Å²) in [5.74, 6) is -0.714. The molecule has 0 saturated heterocycles. The Hall–Kier alpha value is -0.610. The SMILES string of the molecule is CN(C)CCCN(C)CCC(C)(C)C(=O)O. The summed E-state index contributed by atoms with van der Waals surface area (Å²) >= 11 is 0. The van der Waals surface area contributed by atoms with E-state index in [-0.39, 0.29) is 0 Å². The number of carboxylic acid groups (broad SMARTS) is 1. The van der Waals surface area contributed by atoms with E-state index < -0.39 is 11.4 Å². The summed E-state index contributed by atoms with van der Waals surface area (Å²) in [7, 11) is 6.18. The van der Waals surface area contributed by atoms with Crippen molar-refractivity contribution in [2.24, 2.45) is 5.41 Å². The molecule has 0 aromatic carbocycles. The van der Waals surface area contributed by atoms with Gasteiger partial charge in [0, 0.05) is 0 Å². The van der Waals surface area contributed by atoms with Crippen molar-refractivity contribution in [3.63, 3.8) is 0 Å². The summed E-state index contributed by atoms with van der Waals surface area (Å²) in [6.07, 6.45) is 1.82. The van der Waals surface area contributed by atoms with Gasteiger partial charge in [-0.1, -0.05) is 0 Å². The Labute approximate surface area is 99.2 Å². The Morgan fingerprint density at radius 2 is 1.69 bits per heavy atom. The van der Waals surface area contributed by atoms with Crippen LogP contribution in [0.2, 0.25) is 0 Å². The highest BCUT2D eigenvalue weighted by Crippen LogP contribution is 2.20. The molecule has 96 valence electrons. The number of aliphatic carboxylic acids is 1. The van der Waals surface area contributed by atoms with Crippen molar-refractivity contribution in [3.8, 4) is 0 Å². The van der Waals surface area contributed by atoms with Gasteiger partial charge in [0.15, 0.2) is 0 Å². The molecule has 0 saturated carbocycles. The van der Waals surface area contributed by atoms with E-state index in [2.05, 4.69) is 23.9 Å². The van der Waals surface area contributed by atoms with Crippen LogP contribution in [0.4, 0.5) is 0 Å². The van der Waals surface area contributed by atoms with Crippen LogP contribution in [0.3, 0.4) is 0 Å². The fourth-order valence-corrected chi connectivity index (χ4v) is 1.35. The Morgan fingerprint density at radius 1 is 1.12 bits per heavy atom. The first-order valence-corrected chi connectivity index (χ1v) is 5.82. The Morgan fingerprint density at radius 3 is 2.12 bits per heavy atom. The molecule has 0 heterocycles. The molecule has 0 unspecified atom stereocenters. The molecule has 0 radical (unpaired) electrons. The molecular weight excluding hydrogens is 204 g/mol. The van der Waals surface area contributed by atoms with Crippen molar-refractivity contribution in [2.45, 2.75) is 26.7 Å². The maximum Gasteiger partial charge on any atom is 0.309 e. The van der Waals surface area contributed by atoms with Crippen LogP contribution >= 0.6 is 0 Å². The third kappa shape index (κ3) is 6.80. The quantitative estimate of drug-likeness (QED) is 0.684. The van der Waals surface area contributed by atoms with Crippen molar-refractivity contribution in [1.29, 1.82) is 0 Å². The largest absolute Gasteiger partial charge is 0.481 e. The van der Waals surface area contributed by atoms with Gasteiger partial charge < -0.3 is 14.9 Å². The maximum absolute atomic E-state index is 10.9. The lowest BCUT2D eigenvalue weighted by Crippen LogP contribution is -2.31. The number of nitrogens with zero attached hydrogens (tertiary/aromatic N) is 2. The molecule has 0 bridgehead atoms. The molecule has 0 aliphatic rings. The smallest absolute Gasteiger partial charge is 0.309 e. The second kappa shape index (κ2) is 6.86. The summed E-state index contributed by atoms with van der Waals surface area (Å²) in [5, 5.41) is 8.98. The van der Waals surface area contributed by atoms with Crippen LogP contribution in [0.1, 0.15) is 26.7 Å². The molecule has 1 N–H and O–H groups in total. The van der Waals surface area contributed by atoms with Gasteiger partial charge in [0.25, 0.3) is 0 Å². The Balaban J connectivity index is 3.73. The van der Waals surface area contributed by atoms with E-state index in [1.807, 2.05) is 7.05 Å². The Kier molecular flexibility index (Phi) is 6.60. The molecule has 16 heavy (non-hydrogen) atoms. The Bertz CT molecular complexity index is 215. The fourth-order valence-electron chi connectivity index (χ4n) is 1.35. The average Bonchev–Trinajstić information content (AvgIpc) is 2.14. The van der Waals surface area contributed by atoms with Gasteiger partial charge >= 0.3 is 5.97 Å². The van der Waals surface area contributed by atoms with E-state index in [0.29, 0.717) is 6.42 Å². The molecule has 0 spiro atoms. The van der Waals surface area contributed by atoms with Crippen LogP contribution in [0.25, 0.3) is 0 Å². The summed E-state index contributed by atoms with van der Waals surface area (Å²) < 4.78 is 0. The van der Waals surface area contributed by atoms with Crippen molar-refractivity contribution >= 4 is 5.97 Å². The lowest BCUT2D eigenvalue weighted by molar-refractivity contribution is -0.147. The van der Waals surface area contributed by atoms with E-state index in [1.54, 1.807) is 13.8 Å². The number of rotatable bonds is 8. The van der Waals surface area contributed by atoms with E-state index in [9.17, 15) is 4.79 Å². The number of hydrogen-bond acceptors (Lipinski definition) is 3. The second-order valence-corrected chi connectivity index (χ2v) is 5.40. The minimum absolute atomic E-state index is 0.615. The van der Waals surface area contributed by atoms with Crippen molar-refractivity contribution < 1.29 is 9.90 Å². The molecule has 0 fully saturated rings. The van der Waals surface area contributed by atoms with Crippen molar-refractivity contribution in [1.82, 2.24) is 9.80 Å². The van der Waals surface area contributed by atoms with E-state index in [0.717, 1.165) is 26.1 Å². The van der Waals surface area contributed by atoms with Gasteiger partial charge in [-0.25, -0.2) is 0 Å². The third-order valence-electron chi connectivity index (χ3n) is 2.84. The normalized spacial score (nSPS) is 12.4. The van der Waals surface area contributed by atoms with E-state index >= 15 is 0 Å². The lowest BCUT2D eigenvalue weighted by Gasteiger charge is -2.24. The van der Waals surface area contributed by atoms with E-state index in [4.69, 9.17) is 5.11 Å². The van der Waals surface area contributed by atoms with Gasteiger partial charge in [-0.05, 0) is 67.5 Å². The van der Waals surface area contributed by atoms with Crippen LogP contribution < -0.4 is 0 Å². The first kappa shape index (κ1) is 15.4. The van der Waals surface area contributed by atoms with Crippen molar-refractivity contribution in [2.75, 3.05) is 40.8 Å². The molecule has 0 rings (SSSR count). The third-order valence-corrected chi connectivity index (χ3v) is 2.84. The predicted octanol–water partition coefficient (Wildman–Crippen LogP) is 1.37. The first-order valence-electron chi connectivity index (χ1n) is 5.82. The van der Waals surface area contributed by atoms with Crippen LogP contribution in [0, 0.1) is 5.41 Å². The summed E-state index contributed by atoms with van der Waals surface area (Å²) in [6, 6.07) is 0. The highest BCUT2D eigenvalue weighted by Gasteiger charge is 2.26. The molecule has 4 heteroatoms. The number of carboxylic acids is 1. The van der Waals surface area contributed by atoms with Gasteiger partial charge in [-0.2, -0.15) is 0 Å². The zero-order valence-electron chi connectivity index (χ0n) is 11.3. The molecule has 0 aliphatic heterocycles. The zero-order chi connectivity index (χ0) is 12.8. The monoisotopic (exact) mass is 230 g/mol. The predicted molar refractivity (Wildman–Crippen MR) is 66.7 cm³/mol. The fraction of sp³-hybridized carbons (Fsp3) is 0.917. The van der Waals surface area contributed by atoms with Crippen LogP contribution in [0.15, 0.2) is 0 Å². The first-order chi connectivity index (χ1) is 7.25. The van der Waals surface area contributed by atoms with Gasteiger partial charge in [0.2, 0.25) is 0 Å². The second-order valence-electron chi connectivity index (χ2n) is 5.40. The van der Waals surface area contributed by atoms with Gasteiger partial charge in [-0.3, -0.25) is 4.79 Å². The molecule has 0 amide bonds. The van der Waals surface area contributed by atoms with Crippen LogP contribution in [-0.4, -0.2) is 61.7 Å². The molecule has 0 aromatic heterocycles. The van der Waals surface area contributed by atoms with Gasteiger partial charge in [0.05, 0.1) is 5.41 Å². The summed E-state index contributed by atoms with van der Waals surface area (Å²) in [6.45, 7) is 6.50. The summed E-state index contributed by atoms with van der Waals surface area (Å²) in [4.78, 5) is 15.3. The average molecular weight is 230 g/mol. The lowest BCUT2D eigenvalue weighted by atomic mass is 9.89. The molecule has 0 aromatic rings. The van der Waals surface area contributed by atoms with Crippen LogP contribution in [0.5, 0.6) is 0 Å². The van der Waals surface area contributed by atoms with Gasteiger partial charge in [-0.15, -0.1) is 0 Å². The minimum Gasteiger partial charge on any atom is -0.481 e. The highest BCUT2D eigenvalue weighted by atomic mass is 16.4. The minimum atomic E-state index is -0.714. The van der Waals surface area contributed by atoms with Crippen molar-refractivity contribution in [3.05, 3.63) is 0 Å². The molecular formula is C12H26N2O2. The van der Waals surface area contributed by atoms with Crippen LogP contribution in [-0.2, 0) is 4.79 Å². The molecule has 0 aliphatic carbocycles. The maximum atomic E-state index is 10.9. The number of hydrogen-bond donors (Lipinski definition) is 1. The standard InChI is InChI=1S/C12H26N2O2/c1-12(2,11(15)16)7-10-14(5)9-6-8-13(3)4/h6-10H2,1-5H3,(H,15,16). The number of carbonyl (C=O) groups is 1. The van der Waals surface area contributed by atoms with E-state index in [1.165, 1.54) is 0 Å². The highest BCUT2D eigenvalue weighted by molar-refractivity contribution is 5.73. The molecule has 0 atom stereocenters. The topological polar surface area (TPSA) is 43.8 Å².